The number of furan rings is 1. The van der Waals surface area contributed by atoms with Gasteiger partial charge in [0.1, 0.15) is 5.76 Å². The van der Waals surface area contributed by atoms with Crippen molar-refractivity contribution in [2.45, 2.75) is 20.0 Å². The van der Waals surface area contributed by atoms with Gasteiger partial charge >= 0.3 is 5.97 Å². The summed E-state index contributed by atoms with van der Waals surface area (Å²) in [6.07, 6.45) is -0.579. The number of ether oxygens (including phenoxy) is 1. The Hall–Kier alpha value is -2.30. The molecule has 1 atom stereocenters. The van der Waals surface area contributed by atoms with Crippen LogP contribution in [0.4, 0.5) is 4.39 Å². The fraction of sp³-hybridized carbons (Fsp3) is 0.214. The van der Waals surface area contributed by atoms with Gasteiger partial charge in [-0.25, -0.2) is 9.18 Å². The Kier molecular flexibility index (Phi) is 3.55. The van der Waals surface area contributed by atoms with Crippen molar-refractivity contribution in [1.29, 1.82) is 0 Å². The third-order valence-corrected chi connectivity index (χ3v) is 2.63. The van der Waals surface area contributed by atoms with E-state index in [1.54, 1.807) is 19.1 Å². The Bertz CT molecular complexity index is 603. The molecule has 0 spiro atoms. The van der Waals surface area contributed by atoms with Gasteiger partial charge < -0.3 is 14.3 Å². The largest absolute Gasteiger partial charge is 0.480 e. The minimum atomic E-state index is -1.15. The van der Waals surface area contributed by atoms with E-state index in [0.29, 0.717) is 5.76 Å². The Balaban J connectivity index is 2.17. The summed E-state index contributed by atoms with van der Waals surface area (Å²) in [5, 5.41) is 8.76. The van der Waals surface area contributed by atoms with E-state index in [0.717, 1.165) is 5.56 Å². The zero-order valence-corrected chi connectivity index (χ0v) is 10.5. The Morgan fingerprint density at radius 3 is 2.74 bits per heavy atom. The van der Waals surface area contributed by atoms with E-state index >= 15 is 0 Å². The minimum Gasteiger partial charge on any atom is -0.480 e. The standard InChI is InChI=1S/C14H13FO4/c1-8-3-4-10(15)13(7-8)18-9(2)11-5-6-12(19-11)14(16)17/h3-7,9H,1-2H3,(H,16,17). The first kappa shape index (κ1) is 13.1. The summed E-state index contributed by atoms with van der Waals surface area (Å²) in [4.78, 5) is 10.7. The van der Waals surface area contributed by atoms with Gasteiger partial charge in [0.25, 0.3) is 0 Å². The van der Waals surface area contributed by atoms with Gasteiger partial charge in [-0.3, -0.25) is 0 Å². The molecule has 0 amide bonds. The molecule has 1 aromatic heterocycles. The summed E-state index contributed by atoms with van der Waals surface area (Å²) < 4.78 is 24.1. The molecule has 5 heteroatoms. The number of hydrogen-bond acceptors (Lipinski definition) is 3. The lowest BCUT2D eigenvalue weighted by Gasteiger charge is -2.13. The maximum absolute atomic E-state index is 13.5. The van der Waals surface area contributed by atoms with Gasteiger partial charge in [-0.15, -0.1) is 0 Å². The van der Waals surface area contributed by atoms with Crippen LogP contribution in [-0.4, -0.2) is 11.1 Å². The van der Waals surface area contributed by atoms with Crippen molar-refractivity contribution in [3.8, 4) is 5.75 Å². The molecule has 0 saturated heterocycles. The molecule has 100 valence electrons. The average Bonchev–Trinajstić information content (AvgIpc) is 2.83. The first-order valence-corrected chi connectivity index (χ1v) is 5.73. The third kappa shape index (κ3) is 2.93. The summed E-state index contributed by atoms with van der Waals surface area (Å²) in [6, 6.07) is 7.38. The van der Waals surface area contributed by atoms with E-state index < -0.39 is 17.9 Å². The highest BCUT2D eigenvalue weighted by Crippen LogP contribution is 2.26. The minimum absolute atomic E-state index is 0.112. The zero-order chi connectivity index (χ0) is 14.0. The number of aromatic carboxylic acids is 1. The number of carboxylic acids is 1. The van der Waals surface area contributed by atoms with Crippen LogP contribution < -0.4 is 4.74 Å². The molecule has 1 unspecified atom stereocenters. The molecule has 0 radical (unpaired) electrons. The molecule has 2 rings (SSSR count). The molecule has 1 heterocycles. The summed E-state index contributed by atoms with van der Waals surface area (Å²) in [6.45, 7) is 3.48. The van der Waals surface area contributed by atoms with Crippen LogP contribution in [-0.2, 0) is 0 Å². The molecule has 2 aromatic rings. The van der Waals surface area contributed by atoms with Crippen LogP contribution >= 0.6 is 0 Å². The van der Waals surface area contributed by atoms with Crippen LogP contribution in [0.1, 0.15) is 34.9 Å². The monoisotopic (exact) mass is 264 g/mol. The number of aryl methyl sites for hydroxylation is 1. The van der Waals surface area contributed by atoms with Crippen LogP contribution in [0.25, 0.3) is 0 Å². The maximum Gasteiger partial charge on any atom is 0.371 e. The van der Waals surface area contributed by atoms with Crippen molar-refractivity contribution in [3.63, 3.8) is 0 Å². The Morgan fingerprint density at radius 2 is 2.11 bits per heavy atom. The normalized spacial score (nSPS) is 12.2. The lowest BCUT2D eigenvalue weighted by molar-refractivity contribution is 0.0655. The molecule has 0 aliphatic carbocycles. The molecular formula is C14H13FO4. The number of rotatable bonds is 4. The summed E-state index contributed by atoms with van der Waals surface area (Å²) in [5.41, 5.74) is 0.870. The molecule has 0 fully saturated rings. The van der Waals surface area contributed by atoms with Crippen LogP contribution in [0, 0.1) is 12.7 Å². The van der Waals surface area contributed by atoms with Crippen LogP contribution in [0.3, 0.4) is 0 Å². The highest BCUT2D eigenvalue weighted by molar-refractivity contribution is 5.84. The van der Waals surface area contributed by atoms with Gasteiger partial charge in [0.2, 0.25) is 5.76 Å². The second kappa shape index (κ2) is 5.14. The fourth-order valence-electron chi connectivity index (χ4n) is 1.64. The molecule has 0 saturated carbocycles. The van der Waals surface area contributed by atoms with E-state index in [9.17, 15) is 9.18 Å². The second-order valence-electron chi connectivity index (χ2n) is 4.20. The lowest BCUT2D eigenvalue weighted by atomic mass is 10.2. The van der Waals surface area contributed by atoms with Crippen molar-refractivity contribution >= 4 is 5.97 Å². The molecule has 4 nitrogen and oxygen atoms in total. The lowest BCUT2D eigenvalue weighted by Crippen LogP contribution is -2.03. The van der Waals surface area contributed by atoms with E-state index in [1.807, 2.05) is 6.92 Å². The summed E-state index contributed by atoms with van der Waals surface area (Å²) >= 11 is 0. The molecule has 1 N–H and O–H groups in total. The summed E-state index contributed by atoms with van der Waals surface area (Å²) in [5.74, 6) is -1.35. The van der Waals surface area contributed by atoms with Crippen molar-refractivity contribution in [2.24, 2.45) is 0 Å². The van der Waals surface area contributed by atoms with Gasteiger partial charge in [-0.2, -0.15) is 0 Å². The Morgan fingerprint density at radius 1 is 1.37 bits per heavy atom. The first-order valence-electron chi connectivity index (χ1n) is 5.73. The molecule has 0 bridgehead atoms. The first-order chi connectivity index (χ1) is 8.97. The average molecular weight is 264 g/mol. The van der Waals surface area contributed by atoms with Crippen molar-refractivity contribution in [3.05, 3.63) is 53.2 Å². The van der Waals surface area contributed by atoms with Crippen molar-refractivity contribution < 1.29 is 23.4 Å². The Labute approximate surface area is 109 Å². The fourth-order valence-corrected chi connectivity index (χ4v) is 1.64. The molecule has 0 aliphatic rings. The highest BCUT2D eigenvalue weighted by Gasteiger charge is 2.16. The third-order valence-electron chi connectivity index (χ3n) is 2.63. The van der Waals surface area contributed by atoms with Gasteiger partial charge in [0.15, 0.2) is 17.7 Å². The molecule has 0 aliphatic heterocycles. The number of carbonyl (C=O) groups is 1. The quantitative estimate of drug-likeness (QED) is 0.917. The van der Waals surface area contributed by atoms with E-state index in [4.69, 9.17) is 14.3 Å². The van der Waals surface area contributed by atoms with E-state index in [-0.39, 0.29) is 11.5 Å². The van der Waals surface area contributed by atoms with Crippen LogP contribution in [0.5, 0.6) is 5.75 Å². The SMILES string of the molecule is Cc1ccc(F)c(OC(C)c2ccc(C(=O)O)o2)c1. The second-order valence-corrected chi connectivity index (χ2v) is 4.20. The van der Waals surface area contributed by atoms with Crippen LogP contribution in [0.15, 0.2) is 34.7 Å². The molecule has 19 heavy (non-hydrogen) atoms. The number of carboxylic acid groups (broad SMARTS) is 1. The van der Waals surface area contributed by atoms with E-state index in [1.165, 1.54) is 18.2 Å². The smallest absolute Gasteiger partial charge is 0.371 e. The number of hydrogen-bond donors (Lipinski definition) is 1. The van der Waals surface area contributed by atoms with Gasteiger partial charge in [-0.05, 0) is 43.7 Å². The predicted molar refractivity (Wildman–Crippen MR) is 65.8 cm³/mol. The van der Waals surface area contributed by atoms with Gasteiger partial charge in [0.05, 0.1) is 0 Å². The highest BCUT2D eigenvalue weighted by atomic mass is 19.1. The predicted octanol–water partition coefficient (Wildman–Crippen LogP) is 3.57. The molecular weight excluding hydrogens is 251 g/mol. The van der Waals surface area contributed by atoms with Crippen molar-refractivity contribution in [2.75, 3.05) is 0 Å². The zero-order valence-electron chi connectivity index (χ0n) is 10.5. The molecule has 1 aromatic carbocycles. The van der Waals surface area contributed by atoms with Gasteiger partial charge in [0, 0.05) is 0 Å². The number of halogens is 1. The maximum atomic E-state index is 13.5. The van der Waals surface area contributed by atoms with Crippen LogP contribution in [0.2, 0.25) is 0 Å². The summed E-state index contributed by atoms with van der Waals surface area (Å²) in [7, 11) is 0. The van der Waals surface area contributed by atoms with Crippen molar-refractivity contribution in [1.82, 2.24) is 0 Å². The van der Waals surface area contributed by atoms with Gasteiger partial charge in [-0.1, -0.05) is 6.07 Å². The van der Waals surface area contributed by atoms with E-state index in [2.05, 4.69) is 0 Å². The topological polar surface area (TPSA) is 59.7 Å². The number of benzene rings is 1.